The molecule has 0 saturated carbocycles. The molecule has 0 spiro atoms. The van der Waals surface area contributed by atoms with E-state index in [9.17, 15) is 0 Å². The minimum Gasteiger partial charge on any atom is -0.491 e. The number of rotatable bonds is 9. The normalized spacial score (nSPS) is 17.0. The Hall–Kier alpha value is -1.06. The van der Waals surface area contributed by atoms with Crippen molar-refractivity contribution >= 4 is 0 Å². The number of para-hydroxylation sites is 1. The topological polar surface area (TPSA) is 22.9 Å². The molecular weight excluding hydrogens is 262 g/mol. The maximum atomic E-state index is 5.90. The van der Waals surface area contributed by atoms with Crippen LogP contribution in [0.2, 0.25) is 0 Å². The molecule has 1 aromatic carbocycles. The number of nitrogens with one attached hydrogen (secondary N) is 1. The average molecular weight is 292 g/mol. The third-order valence-electron chi connectivity index (χ3n) is 4.46. The van der Waals surface area contributed by atoms with E-state index in [4.69, 9.17) is 9.47 Å². The fraction of sp³-hybridized carbons (Fsp3) is 0.667. The molecule has 3 nitrogen and oxygen atoms in total. The van der Waals surface area contributed by atoms with Gasteiger partial charge < -0.3 is 14.4 Å². The van der Waals surface area contributed by atoms with E-state index in [0.29, 0.717) is 19.1 Å². The van der Waals surface area contributed by atoms with Gasteiger partial charge in [0.15, 0.2) is 0 Å². The fourth-order valence-corrected chi connectivity index (χ4v) is 2.89. The molecule has 21 heavy (non-hydrogen) atoms. The molecule has 0 amide bonds. The van der Waals surface area contributed by atoms with Crippen molar-refractivity contribution in [2.75, 3.05) is 39.5 Å². The van der Waals surface area contributed by atoms with E-state index >= 15 is 0 Å². The van der Waals surface area contributed by atoms with E-state index in [1.165, 1.54) is 31.5 Å². The van der Waals surface area contributed by atoms with Crippen molar-refractivity contribution in [2.45, 2.75) is 39.0 Å². The molecule has 1 heterocycles. The van der Waals surface area contributed by atoms with Crippen LogP contribution >= 0.6 is 0 Å². The summed E-state index contributed by atoms with van der Waals surface area (Å²) < 4.78 is 11.6. The number of ether oxygens (including phenoxy) is 2. The second-order valence-electron chi connectivity index (χ2n) is 6.02. The standard InChI is InChI=1S/C18H29NO2/c1-3-16(2)17-8-4-5-9-18(17)21-15-14-20-13-12-19-10-6-7-11-19/h4-5,8-9,16H,3,6-7,10-15H2,1-2H3/p+1/t16-/m1/s1. The SMILES string of the molecule is CC[C@@H](C)c1ccccc1OCCOCC[NH+]1CCCC1. The highest BCUT2D eigenvalue weighted by Gasteiger charge is 2.14. The van der Waals surface area contributed by atoms with Crippen molar-refractivity contribution in [3.63, 3.8) is 0 Å². The Morgan fingerprint density at radius 3 is 2.62 bits per heavy atom. The molecule has 0 unspecified atom stereocenters. The summed E-state index contributed by atoms with van der Waals surface area (Å²) in [7, 11) is 0. The van der Waals surface area contributed by atoms with Crippen LogP contribution in [0.3, 0.4) is 0 Å². The largest absolute Gasteiger partial charge is 0.491 e. The molecule has 1 atom stereocenters. The Bertz CT molecular complexity index is 402. The predicted molar refractivity (Wildman–Crippen MR) is 86.3 cm³/mol. The Morgan fingerprint density at radius 2 is 1.86 bits per heavy atom. The first-order valence-electron chi connectivity index (χ1n) is 8.44. The first-order chi connectivity index (χ1) is 10.3. The van der Waals surface area contributed by atoms with Crippen LogP contribution in [0.15, 0.2) is 24.3 Å². The van der Waals surface area contributed by atoms with Gasteiger partial charge in [-0.3, -0.25) is 0 Å². The van der Waals surface area contributed by atoms with Gasteiger partial charge in [-0.2, -0.15) is 0 Å². The Balaban J connectivity index is 1.64. The summed E-state index contributed by atoms with van der Waals surface area (Å²) >= 11 is 0. The molecule has 1 aromatic rings. The average Bonchev–Trinajstić information content (AvgIpc) is 3.03. The van der Waals surface area contributed by atoms with E-state index < -0.39 is 0 Å². The van der Waals surface area contributed by atoms with Gasteiger partial charge in [0.1, 0.15) is 18.9 Å². The van der Waals surface area contributed by atoms with Crippen LogP contribution in [0.1, 0.15) is 44.6 Å². The predicted octanol–water partition coefficient (Wildman–Crippen LogP) is 2.27. The zero-order chi connectivity index (χ0) is 14.9. The molecule has 1 saturated heterocycles. The quantitative estimate of drug-likeness (QED) is 0.706. The Labute approximate surface area is 129 Å². The fourth-order valence-electron chi connectivity index (χ4n) is 2.89. The second kappa shape index (κ2) is 9.06. The lowest BCUT2D eigenvalue weighted by atomic mass is 9.98. The van der Waals surface area contributed by atoms with Gasteiger partial charge in [-0.1, -0.05) is 32.0 Å². The maximum absolute atomic E-state index is 5.90. The monoisotopic (exact) mass is 292 g/mol. The van der Waals surface area contributed by atoms with Crippen LogP contribution in [-0.4, -0.2) is 39.5 Å². The lowest BCUT2D eigenvalue weighted by molar-refractivity contribution is -0.887. The van der Waals surface area contributed by atoms with Crippen molar-refractivity contribution in [3.8, 4) is 5.75 Å². The Kier molecular flexibility index (Phi) is 7.04. The van der Waals surface area contributed by atoms with Gasteiger partial charge in [0.2, 0.25) is 0 Å². The van der Waals surface area contributed by atoms with Crippen LogP contribution in [0.4, 0.5) is 0 Å². The van der Waals surface area contributed by atoms with Crippen molar-refractivity contribution in [1.29, 1.82) is 0 Å². The van der Waals surface area contributed by atoms with Crippen molar-refractivity contribution in [2.24, 2.45) is 0 Å². The van der Waals surface area contributed by atoms with Gasteiger partial charge in [-0.05, 0) is 24.0 Å². The molecule has 1 N–H and O–H groups in total. The lowest BCUT2D eigenvalue weighted by Gasteiger charge is -2.16. The van der Waals surface area contributed by atoms with Crippen molar-refractivity contribution in [3.05, 3.63) is 29.8 Å². The number of quaternary nitrogens is 1. The molecule has 1 fully saturated rings. The second-order valence-corrected chi connectivity index (χ2v) is 6.02. The van der Waals surface area contributed by atoms with Gasteiger partial charge in [-0.15, -0.1) is 0 Å². The van der Waals surface area contributed by atoms with Gasteiger partial charge in [-0.25, -0.2) is 0 Å². The summed E-state index contributed by atoms with van der Waals surface area (Å²) in [6.45, 7) is 10.4. The smallest absolute Gasteiger partial charge is 0.122 e. The van der Waals surface area contributed by atoms with Gasteiger partial charge in [0.05, 0.1) is 26.3 Å². The van der Waals surface area contributed by atoms with Crippen LogP contribution in [-0.2, 0) is 4.74 Å². The summed E-state index contributed by atoms with van der Waals surface area (Å²) in [5.74, 6) is 1.56. The molecule has 0 bridgehead atoms. The van der Waals surface area contributed by atoms with Crippen LogP contribution in [0.5, 0.6) is 5.75 Å². The third-order valence-corrected chi connectivity index (χ3v) is 4.46. The van der Waals surface area contributed by atoms with Crippen molar-refractivity contribution in [1.82, 2.24) is 0 Å². The molecule has 118 valence electrons. The lowest BCUT2D eigenvalue weighted by Crippen LogP contribution is -3.10. The highest BCUT2D eigenvalue weighted by molar-refractivity contribution is 5.35. The summed E-state index contributed by atoms with van der Waals surface area (Å²) in [6.07, 6.45) is 3.89. The molecule has 0 radical (unpaired) electrons. The zero-order valence-electron chi connectivity index (χ0n) is 13.6. The van der Waals surface area contributed by atoms with Crippen LogP contribution in [0, 0.1) is 0 Å². The minimum atomic E-state index is 0.542. The minimum absolute atomic E-state index is 0.542. The first kappa shape index (κ1) is 16.3. The molecule has 1 aliphatic heterocycles. The third kappa shape index (κ3) is 5.33. The first-order valence-corrected chi connectivity index (χ1v) is 8.44. The summed E-state index contributed by atoms with van der Waals surface area (Å²) in [4.78, 5) is 1.69. The van der Waals surface area contributed by atoms with Crippen LogP contribution in [0.25, 0.3) is 0 Å². The number of hydrogen-bond acceptors (Lipinski definition) is 2. The number of hydrogen-bond donors (Lipinski definition) is 1. The molecule has 3 heteroatoms. The maximum Gasteiger partial charge on any atom is 0.122 e. The molecule has 2 rings (SSSR count). The van der Waals surface area contributed by atoms with E-state index in [1.807, 2.05) is 6.07 Å². The van der Waals surface area contributed by atoms with E-state index in [0.717, 1.165) is 25.3 Å². The summed E-state index contributed by atoms with van der Waals surface area (Å²) in [5, 5.41) is 0. The highest BCUT2D eigenvalue weighted by atomic mass is 16.5. The molecule has 0 aliphatic carbocycles. The van der Waals surface area contributed by atoms with E-state index in [1.54, 1.807) is 4.90 Å². The van der Waals surface area contributed by atoms with E-state index in [2.05, 4.69) is 32.0 Å². The highest BCUT2D eigenvalue weighted by Crippen LogP contribution is 2.28. The van der Waals surface area contributed by atoms with Gasteiger partial charge in [0, 0.05) is 12.8 Å². The van der Waals surface area contributed by atoms with E-state index in [-0.39, 0.29) is 0 Å². The molecule has 1 aliphatic rings. The Morgan fingerprint density at radius 1 is 1.10 bits per heavy atom. The summed E-state index contributed by atoms with van der Waals surface area (Å²) in [6, 6.07) is 8.36. The molecular formula is C18H30NO2+. The number of likely N-dealkylation sites (tertiary alicyclic amines) is 1. The van der Waals surface area contributed by atoms with Crippen LogP contribution < -0.4 is 9.64 Å². The summed E-state index contributed by atoms with van der Waals surface area (Å²) in [5.41, 5.74) is 1.31. The molecule has 0 aromatic heterocycles. The zero-order valence-corrected chi connectivity index (χ0v) is 13.6. The number of benzene rings is 1. The van der Waals surface area contributed by atoms with Crippen molar-refractivity contribution < 1.29 is 14.4 Å². The van der Waals surface area contributed by atoms with Gasteiger partial charge in [0.25, 0.3) is 0 Å². The van der Waals surface area contributed by atoms with Gasteiger partial charge >= 0.3 is 0 Å².